The van der Waals surface area contributed by atoms with Gasteiger partial charge in [-0.05, 0) is 26.8 Å². The van der Waals surface area contributed by atoms with Gasteiger partial charge in [0.15, 0.2) is 6.29 Å². The Morgan fingerprint density at radius 2 is 2.05 bits per heavy atom. The van der Waals surface area contributed by atoms with Gasteiger partial charge in [-0.1, -0.05) is 11.6 Å². The Kier molecular flexibility index (Phi) is 3.77. The van der Waals surface area contributed by atoms with Gasteiger partial charge < -0.3 is 18.8 Å². The van der Waals surface area contributed by atoms with Gasteiger partial charge in [-0.2, -0.15) is 0 Å². The third-order valence-electron chi connectivity index (χ3n) is 3.80. The van der Waals surface area contributed by atoms with Crippen LogP contribution in [0.2, 0.25) is 5.15 Å². The van der Waals surface area contributed by atoms with Crippen LogP contribution in [0.5, 0.6) is 0 Å². The first-order chi connectivity index (χ1) is 9.49. The smallest absolute Gasteiger partial charge is 0.402 e. The monoisotopic (exact) mass is 297 g/mol. The molecule has 0 N–H and O–H groups in total. The largest absolute Gasteiger partial charge is 0.498 e. The average Bonchev–Trinajstić information content (AvgIpc) is 2.98. The van der Waals surface area contributed by atoms with Crippen LogP contribution in [-0.4, -0.2) is 37.0 Å². The van der Waals surface area contributed by atoms with Crippen LogP contribution in [0, 0.1) is 0 Å². The van der Waals surface area contributed by atoms with Crippen molar-refractivity contribution in [3.63, 3.8) is 0 Å². The number of pyridine rings is 1. The molecule has 0 radical (unpaired) electrons. The van der Waals surface area contributed by atoms with Crippen molar-refractivity contribution >= 4 is 24.2 Å². The Morgan fingerprint density at radius 1 is 1.35 bits per heavy atom. The van der Waals surface area contributed by atoms with E-state index in [2.05, 4.69) is 4.98 Å². The van der Waals surface area contributed by atoms with Crippen molar-refractivity contribution in [2.45, 2.75) is 38.8 Å². The highest BCUT2D eigenvalue weighted by Crippen LogP contribution is 2.30. The predicted octanol–water partition coefficient (Wildman–Crippen LogP) is 1.69. The van der Waals surface area contributed by atoms with E-state index in [1.54, 1.807) is 6.20 Å². The second kappa shape index (κ2) is 5.28. The highest BCUT2D eigenvalue weighted by atomic mass is 35.5. The zero-order valence-corrected chi connectivity index (χ0v) is 12.5. The van der Waals surface area contributed by atoms with Crippen LogP contribution in [0.25, 0.3) is 0 Å². The van der Waals surface area contributed by atoms with Crippen LogP contribution >= 0.6 is 11.6 Å². The average molecular weight is 298 g/mol. The molecule has 2 saturated heterocycles. The first-order valence-electron chi connectivity index (χ1n) is 6.70. The summed E-state index contributed by atoms with van der Waals surface area (Å²) in [5.74, 6) is 0. The van der Waals surface area contributed by atoms with Gasteiger partial charge in [0.1, 0.15) is 5.15 Å². The molecule has 1 unspecified atom stereocenters. The molecular weight excluding hydrogens is 280 g/mol. The molecule has 0 bridgehead atoms. The normalized spacial score (nSPS) is 26.4. The zero-order chi connectivity index (χ0) is 14.3. The molecule has 0 aromatic carbocycles. The molecule has 0 spiro atoms. The van der Waals surface area contributed by atoms with Crippen LogP contribution in [0.4, 0.5) is 0 Å². The number of hydrogen-bond donors (Lipinski definition) is 0. The molecular formula is C13H17BClNO4. The molecule has 2 aliphatic heterocycles. The van der Waals surface area contributed by atoms with Crippen LogP contribution in [0.1, 0.15) is 32.6 Å². The maximum atomic E-state index is 6.25. The maximum absolute atomic E-state index is 6.25. The van der Waals surface area contributed by atoms with Gasteiger partial charge in [-0.15, -0.1) is 0 Å². The molecule has 0 aliphatic carbocycles. The Bertz CT molecular complexity index is 507. The third kappa shape index (κ3) is 2.47. The van der Waals surface area contributed by atoms with Crippen LogP contribution in [0.15, 0.2) is 12.3 Å². The number of halogens is 1. The van der Waals surface area contributed by atoms with E-state index < -0.39 is 13.4 Å². The van der Waals surface area contributed by atoms with E-state index in [-0.39, 0.29) is 11.7 Å². The predicted molar refractivity (Wildman–Crippen MR) is 75.0 cm³/mol. The molecule has 108 valence electrons. The van der Waals surface area contributed by atoms with Crippen molar-refractivity contribution in [1.29, 1.82) is 0 Å². The van der Waals surface area contributed by atoms with Crippen molar-refractivity contribution in [3.8, 4) is 0 Å². The van der Waals surface area contributed by atoms with E-state index in [1.165, 1.54) is 0 Å². The number of aromatic nitrogens is 1. The van der Waals surface area contributed by atoms with E-state index in [4.69, 9.17) is 30.4 Å². The van der Waals surface area contributed by atoms with Crippen LogP contribution in [-0.2, 0) is 18.8 Å². The van der Waals surface area contributed by atoms with E-state index in [9.17, 15) is 0 Å². The Hall–Kier alpha value is -0.655. The molecule has 20 heavy (non-hydrogen) atoms. The number of hydrogen-bond acceptors (Lipinski definition) is 5. The van der Waals surface area contributed by atoms with Gasteiger partial charge in [-0.3, -0.25) is 0 Å². The summed E-state index contributed by atoms with van der Waals surface area (Å²) in [6, 6.07) is 1.83. The summed E-state index contributed by atoms with van der Waals surface area (Å²) in [7, 11) is -0.552. The van der Waals surface area contributed by atoms with Crippen molar-refractivity contribution in [2.75, 3.05) is 13.2 Å². The minimum atomic E-state index is -0.552. The molecule has 5 nitrogen and oxygen atoms in total. The van der Waals surface area contributed by atoms with Crippen molar-refractivity contribution in [3.05, 3.63) is 23.0 Å². The summed E-state index contributed by atoms with van der Waals surface area (Å²) >= 11 is 6.25. The third-order valence-corrected chi connectivity index (χ3v) is 4.11. The summed E-state index contributed by atoms with van der Waals surface area (Å²) in [5, 5.41) is 0.358. The molecule has 3 heterocycles. The van der Waals surface area contributed by atoms with Crippen LogP contribution in [0.3, 0.4) is 0 Å². The SMILES string of the molecule is CC1OB(c2c(C3OCCO3)ccnc2Cl)OC1(C)C. The second-order valence-corrected chi connectivity index (χ2v) is 5.87. The lowest BCUT2D eigenvalue weighted by Gasteiger charge is -2.21. The van der Waals surface area contributed by atoms with Crippen LogP contribution < -0.4 is 5.46 Å². The fourth-order valence-electron chi connectivity index (χ4n) is 2.31. The standard InChI is InChI=1S/C13H17BClNO4/c1-8-13(2,3)20-14(19-8)10-9(4-5-16-11(10)15)12-17-6-7-18-12/h4-5,8,12H,6-7H2,1-3H3. The summed E-state index contributed by atoms with van der Waals surface area (Å²) in [6.45, 7) is 7.09. The number of ether oxygens (including phenoxy) is 2. The van der Waals surface area contributed by atoms with Crippen molar-refractivity contribution in [2.24, 2.45) is 0 Å². The van der Waals surface area contributed by atoms with Gasteiger partial charge in [0.25, 0.3) is 0 Å². The summed E-state index contributed by atoms with van der Waals surface area (Å²) in [4.78, 5) is 4.12. The first-order valence-corrected chi connectivity index (χ1v) is 7.07. The summed E-state index contributed by atoms with van der Waals surface area (Å²) in [5.41, 5.74) is 1.13. The van der Waals surface area contributed by atoms with Gasteiger partial charge in [0, 0.05) is 17.2 Å². The quantitative estimate of drug-likeness (QED) is 0.614. The molecule has 7 heteroatoms. The fourth-order valence-corrected chi connectivity index (χ4v) is 2.57. The zero-order valence-electron chi connectivity index (χ0n) is 11.8. The van der Waals surface area contributed by atoms with Crippen molar-refractivity contribution in [1.82, 2.24) is 4.98 Å². The van der Waals surface area contributed by atoms with Gasteiger partial charge >= 0.3 is 7.12 Å². The number of rotatable bonds is 2. The molecule has 1 aromatic rings. The topological polar surface area (TPSA) is 49.8 Å². The van der Waals surface area contributed by atoms with E-state index >= 15 is 0 Å². The molecule has 1 atom stereocenters. The molecule has 0 saturated carbocycles. The molecule has 2 aliphatic rings. The molecule has 0 amide bonds. The minimum Gasteiger partial charge on any atom is -0.402 e. The Morgan fingerprint density at radius 3 is 2.65 bits per heavy atom. The maximum Gasteiger partial charge on any atom is 0.498 e. The second-order valence-electron chi connectivity index (χ2n) is 5.51. The Labute approximate surface area is 123 Å². The van der Waals surface area contributed by atoms with E-state index in [0.29, 0.717) is 23.8 Å². The lowest BCUT2D eigenvalue weighted by molar-refractivity contribution is -0.0435. The lowest BCUT2D eigenvalue weighted by Crippen LogP contribution is -2.39. The number of nitrogens with zero attached hydrogens (tertiary/aromatic N) is 1. The summed E-state index contributed by atoms with van der Waals surface area (Å²) < 4.78 is 23.0. The molecule has 3 rings (SSSR count). The van der Waals surface area contributed by atoms with Crippen molar-refractivity contribution < 1.29 is 18.8 Å². The minimum absolute atomic E-state index is 0.0398. The highest BCUT2D eigenvalue weighted by molar-refractivity contribution is 6.65. The molecule has 2 fully saturated rings. The van der Waals surface area contributed by atoms with Gasteiger partial charge in [0.05, 0.1) is 24.9 Å². The lowest BCUT2D eigenvalue weighted by atomic mass is 9.77. The summed E-state index contributed by atoms with van der Waals surface area (Å²) in [6.07, 6.45) is 1.16. The molecule has 1 aromatic heterocycles. The van der Waals surface area contributed by atoms with Gasteiger partial charge in [0.2, 0.25) is 0 Å². The van der Waals surface area contributed by atoms with E-state index in [1.807, 2.05) is 26.8 Å². The first kappa shape index (κ1) is 14.3. The van der Waals surface area contributed by atoms with E-state index in [0.717, 1.165) is 5.56 Å². The van der Waals surface area contributed by atoms with Gasteiger partial charge in [-0.25, -0.2) is 4.98 Å². The fraction of sp³-hybridized carbons (Fsp3) is 0.615. The Balaban J connectivity index is 1.96. The highest BCUT2D eigenvalue weighted by Gasteiger charge is 2.46.